The topological polar surface area (TPSA) is 181 Å². The Labute approximate surface area is 266 Å². The highest BCUT2D eigenvalue weighted by Crippen LogP contribution is 2.70. The Hall–Kier alpha value is -3.23. The second kappa shape index (κ2) is 12.4. The van der Waals surface area contributed by atoms with Crippen LogP contribution in [0.4, 0.5) is 4.39 Å². The Balaban J connectivity index is 1.25. The van der Waals surface area contributed by atoms with Crippen molar-refractivity contribution in [1.82, 2.24) is 5.32 Å². The second-order valence-corrected chi connectivity index (χ2v) is 14.1. The first-order valence-corrected chi connectivity index (χ1v) is 15.9. The number of fused-ring (bicyclic) bond motifs is 7. The van der Waals surface area contributed by atoms with Crippen molar-refractivity contribution in [2.75, 3.05) is 19.8 Å². The molecule has 1 heterocycles. The van der Waals surface area contributed by atoms with E-state index in [0.29, 0.717) is 31.3 Å². The van der Waals surface area contributed by atoms with Gasteiger partial charge in [-0.05, 0) is 75.5 Å². The second-order valence-electron chi connectivity index (χ2n) is 14.1. The molecule has 13 nitrogen and oxygen atoms in total. The number of aliphatic hydroxyl groups is 1. The summed E-state index contributed by atoms with van der Waals surface area (Å²) in [5, 5.41) is 23.5. The molecule has 1 amide bonds. The number of rotatable bonds is 12. The predicted molar refractivity (Wildman–Crippen MR) is 157 cm³/mol. The average Bonchev–Trinajstić information content (AvgIpc) is 3.38. The van der Waals surface area contributed by atoms with Crippen LogP contribution in [-0.2, 0) is 38.2 Å². The van der Waals surface area contributed by atoms with Gasteiger partial charge in [0.1, 0.15) is 12.7 Å². The standard InChI is InChI=1S/C32H43FN2O11/c1-29(2)45-25-14-20-19-13-22(33)21-12-18(36)9-10-30(21,3)28(19)23(37)15-31(20,4)32(25,46-29)24(38)17-43-27(40)16-34-26(39)8-6-5-7-11-44-35(41)42/h9-10,12,19-20,22-23,25,28,37H,5-8,11,13-17H2,1-4H3,(H,34,39)/t19?,20?,22-,23-,25+,28?,30-,31-,32-/m0/s1. The Kier molecular flexibility index (Phi) is 9.21. The highest BCUT2D eigenvalue weighted by Gasteiger charge is 2.77. The highest BCUT2D eigenvalue weighted by molar-refractivity contribution is 6.01. The maximum Gasteiger partial charge on any atom is 0.325 e. The summed E-state index contributed by atoms with van der Waals surface area (Å²) in [6.07, 6.45) is 3.53. The molecule has 0 aromatic carbocycles. The van der Waals surface area contributed by atoms with Crippen molar-refractivity contribution in [1.29, 1.82) is 0 Å². The maximum absolute atomic E-state index is 15.8. The first-order chi connectivity index (χ1) is 21.5. The van der Waals surface area contributed by atoms with Gasteiger partial charge in [-0.2, -0.15) is 0 Å². The summed E-state index contributed by atoms with van der Waals surface area (Å²) in [4.78, 5) is 65.3. The van der Waals surface area contributed by atoms with E-state index in [4.69, 9.17) is 14.2 Å². The number of allylic oxidation sites excluding steroid dienone is 4. The van der Waals surface area contributed by atoms with Gasteiger partial charge >= 0.3 is 5.97 Å². The van der Waals surface area contributed by atoms with E-state index in [0.717, 1.165) is 0 Å². The first kappa shape index (κ1) is 34.1. The Bertz CT molecular complexity index is 1350. The number of halogens is 1. The number of alkyl halides is 1. The molecular formula is C32H43FN2O11. The molecule has 2 N–H and O–H groups in total. The lowest BCUT2D eigenvalue weighted by Crippen LogP contribution is -2.64. The third kappa shape index (κ3) is 5.87. The van der Waals surface area contributed by atoms with E-state index in [1.807, 2.05) is 13.8 Å². The normalized spacial score (nSPS) is 38.5. The molecule has 1 aliphatic heterocycles. The molecule has 3 unspecified atom stereocenters. The zero-order valence-electron chi connectivity index (χ0n) is 26.6. The number of carbonyl (C=O) groups is 4. The number of ether oxygens (including phenoxy) is 3. The molecule has 3 saturated carbocycles. The quantitative estimate of drug-likeness (QED) is 0.137. The van der Waals surface area contributed by atoms with Gasteiger partial charge in [-0.1, -0.05) is 26.3 Å². The summed E-state index contributed by atoms with van der Waals surface area (Å²) in [5.41, 5.74) is -3.04. The zero-order chi connectivity index (χ0) is 33.7. The van der Waals surface area contributed by atoms with Crippen LogP contribution in [0.5, 0.6) is 0 Å². The van der Waals surface area contributed by atoms with Crippen molar-refractivity contribution in [3.8, 4) is 0 Å². The number of esters is 1. The molecule has 0 radical (unpaired) electrons. The lowest BCUT2D eigenvalue weighted by Gasteiger charge is -2.60. The fourth-order valence-electron chi connectivity index (χ4n) is 9.20. The average molecular weight is 651 g/mol. The van der Waals surface area contributed by atoms with Crippen LogP contribution in [0.15, 0.2) is 23.8 Å². The van der Waals surface area contributed by atoms with E-state index in [9.17, 15) is 34.4 Å². The molecule has 5 rings (SSSR count). The molecule has 4 aliphatic carbocycles. The number of ketones is 2. The predicted octanol–water partition coefficient (Wildman–Crippen LogP) is 2.71. The summed E-state index contributed by atoms with van der Waals surface area (Å²) >= 11 is 0. The zero-order valence-corrected chi connectivity index (χ0v) is 26.6. The van der Waals surface area contributed by atoms with Gasteiger partial charge in [0.05, 0.1) is 18.8 Å². The number of hydrogen-bond donors (Lipinski definition) is 2. The van der Waals surface area contributed by atoms with Crippen molar-refractivity contribution in [3.05, 3.63) is 33.9 Å². The van der Waals surface area contributed by atoms with E-state index < -0.39 is 76.5 Å². The minimum absolute atomic E-state index is 0.0587. The molecule has 5 aliphatic rings. The van der Waals surface area contributed by atoms with E-state index in [1.54, 1.807) is 19.9 Å². The summed E-state index contributed by atoms with van der Waals surface area (Å²) in [6, 6.07) is 0. The minimum atomic E-state index is -1.57. The lowest BCUT2D eigenvalue weighted by atomic mass is 9.46. The van der Waals surface area contributed by atoms with Gasteiger partial charge in [-0.15, -0.1) is 10.1 Å². The van der Waals surface area contributed by atoms with Crippen LogP contribution < -0.4 is 5.32 Å². The van der Waals surface area contributed by atoms with Crippen LogP contribution in [0, 0.1) is 38.7 Å². The van der Waals surface area contributed by atoms with Crippen LogP contribution in [-0.4, -0.2) is 83.2 Å². The van der Waals surface area contributed by atoms with Crippen molar-refractivity contribution in [3.63, 3.8) is 0 Å². The van der Waals surface area contributed by atoms with Crippen LogP contribution in [0.2, 0.25) is 0 Å². The van der Waals surface area contributed by atoms with Crippen LogP contribution in [0.3, 0.4) is 0 Å². The third-order valence-corrected chi connectivity index (χ3v) is 10.9. The Morgan fingerprint density at radius 2 is 1.91 bits per heavy atom. The van der Waals surface area contributed by atoms with Gasteiger partial charge in [0, 0.05) is 23.2 Å². The number of carbonyl (C=O) groups excluding carboxylic acids is 4. The smallest absolute Gasteiger partial charge is 0.325 e. The van der Waals surface area contributed by atoms with Crippen LogP contribution in [0.25, 0.3) is 0 Å². The van der Waals surface area contributed by atoms with Crippen molar-refractivity contribution in [2.24, 2.45) is 28.6 Å². The molecule has 1 saturated heterocycles. The van der Waals surface area contributed by atoms with Crippen LogP contribution in [0.1, 0.15) is 72.6 Å². The Morgan fingerprint density at radius 3 is 2.63 bits per heavy atom. The maximum atomic E-state index is 15.8. The fraction of sp³-hybridized carbons (Fsp3) is 0.750. The molecule has 46 heavy (non-hydrogen) atoms. The molecule has 254 valence electrons. The van der Waals surface area contributed by atoms with Gasteiger partial charge in [0.2, 0.25) is 11.7 Å². The van der Waals surface area contributed by atoms with Gasteiger partial charge < -0.3 is 29.5 Å². The summed E-state index contributed by atoms with van der Waals surface area (Å²) < 4.78 is 33.8. The molecule has 4 fully saturated rings. The van der Waals surface area contributed by atoms with Crippen molar-refractivity contribution >= 4 is 23.4 Å². The molecular weight excluding hydrogens is 607 g/mol. The molecule has 0 bridgehead atoms. The number of hydrogen-bond acceptors (Lipinski definition) is 11. The highest BCUT2D eigenvalue weighted by atomic mass is 19.1. The van der Waals surface area contributed by atoms with Gasteiger partial charge in [0.15, 0.2) is 23.8 Å². The number of amides is 1. The fourth-order valence-corrected chi connectivity index (χ4v) is 9.20. The molecule has 0 aromatic rings. The van der Waals surface area contributed by atoms with Crippen molar-refractivity contribution in [2.45, 2.75) is 102 Å². The summed E-state index contributed by atoms with van der Waals surface area (Å²) in [7, 11) is 0. The summed E-state index contributed by atoms with van der Waals surface area (Å²) in [5.74, 6) is -4.18. The van der Waals surface area contributed by atoms with Gasteiger partial charge in [-0.3, -0.25) is 19.2 Å². The van der Waals surface area contributed by atoms with Crippen molar-refractivity contribution < 1.29 is 52.8 Å². The largest absolute Gasteiger partial charge is 0.456 e. The van der Waals surface area contributed by atoms with Gasteiger partial charge in [0.25, 0.3) is 5.09 Å². The SMILES string of the molecule is CC1(C)O[C@@H]2CC3C4C[C@H](F)C5=CC(=O)C=C[C@]5(C)C4[C@@H](O)C[C@]3(C)[C@@]2(C(=O)COC(=O)CNC(=O)CCCCCO[N+](=O)[O-])O1. The van der Waals surface area contributed by atoms with E-state index in [1.165, 1.54) is 12.2 Å². The number of Topliss-reactive ketones (excluding diaryl/α,β-unsaturated/α-hetero) is 1. The van der Waals surface area contributed by atoms with Gasteiger partial charge in [-0.25, -0.2) is 4.39 Å². The van der Waals surface area contributed by atoms with E-state index >= 15 is 4.39 Å². The number of nitrogens with zero attached hydrogens (tertiary/aromatic N) is 1. The molecule has 0 spiro atoms. The van der Waals surface area contributed by atoms with E-state index in [2.05, 4.69) is 10.2 Å². The monoisotopic (exact) mass is 650 g/mol. The lowest BCUT2D eigenvalue weighted by molar-refractivity contribution is -0.757. The molecule has 9 atom stereocenters. The Morgan fingerprint density at radius 1 is 1.17 bits per heavy atom. The number of aliphatic hydroxyl groups excluding tert-OH is 1. The van der Waals surface area contributed by atoms with Crippen LogP contribution >= 0.6 is 0 Å². The summed E-state index contributed by atoms with van der Waals surface area (Å²) in [6.45, 7) is 5.95. The number of unbranched alkanes of at least 4 members (excludes halogenated alkanes) is 2. The molecule has 0 aromatic heterocycles. The van der Waals surface area contributed by atoms with E-state index in [-0.39, 0.29) is 49.4 Å². The minimum Gasteiger partial charge on any atom is -0.456 e. The number of nitrogens with one attached hydrogen (secondary N) is 1. The third-order valence-electron chi connectivity index (χ3n) is 10.9. The molecule has 14 heteroatoms. The first-order valence-electron chi connectivity index (χ1n) is 15.9.